The van der Waals surface area contributed by atoms with Crippen molar-refractivity contribution >= 4 is 5.97 Å². The maximum Gasteiger partial charge on any atom is 0.336 e. The zero-order valence-corrected chi connectivity index (χ0v) is 26.8. The van der Waals surface area contributed by atoms with Crippen LogP contribution >= 0.6 is 0 Å². The van der Waals surface area contributed by atoms with Crippen LogP contribution in [-0.4, -0.2) is 135 Å². The van der Waals surface area contributed by atoms with Gasteiger partial charge >= 0.3 is 5.97 Å². The third-order valence-electron chi connectivity index (χ3n) is 12.1. The van der Waals surface area contributed by atoms with Crippen molar-refractivity contribution in [1.29, 1.82) is 0 Å². The number of aliphatic hydroxyl groups excluding tert-OH is 7. The van der Waals surface area contributed by atoms with Crippen molar-refractivity contribution in [2.24, 2.45) is 28.6 Å². The molecule has 262 valence electrons. The van der Waals surface area contributed by atoms with Crippen molar-refractivity contribution in [1.82, 2.24) is 0 Å². The maximum absolute atomic E-state index is 12.4. The zero-order chi connectivity index (χ0) is 33.3. The summed E-state index contributed by atoms with van der Waals surface area (Å²) in [5, 5.41) is 73.8. The summed E-state index contributed by atoms with van der Waals surface area (Å²) in [6, 6.07) is 0. The van der Waals surface area contributed by atoms with Crippen LogP contribution in [0.1, 0.15) is 59.8 Å². The molecule has 6 aliphatic rings. The summed E-state index contributed by atoms with van der Waals surface area (Å²) in [6.07, 6.45) is -10.8. The molecule has 0 aromatic rings. The second kappa shape index (κ2) is 12.9. The molecule has 0 spiro atoms. The summed E-state index contributed by atoms with van der Waals surface area (Å²) in [4.78, 5) is 12.4. The molecular weight excluding hydrogens is 608 g/mol. The van der Waals surface area contributed by atoms with E-state index in [1.807, 2.05) is 0 Å². The number of carbonyl (C=O) groups is 1. The number of fused-ring (bicyclic) bond motifs is 3. The zero-order valence-electron chi connectivity index (χ0n) is 26.8. The molecule has 0 amide bonds. The van der Waals surface area contributed by atoms with Gasteiger partial charge in [0.2, 0.25) is 0 Å². The molecule has 3 saturated heterocycles. The fraction of sp³-hybridized carbons (Fsp3) is 0.906. The average molecular weight is 659 g/mol. The van der Waals surface area contributed by atoms with Gasteiger partial charge in [0.1, 0.15) is 49.3 Å². The van der Waals surface area contributed by atoms with Crippen LogP contribution in [0, 0.1) is 28.6 Å². The summed E-state index contributed by atoms with van der Waals surface area (Å²) in [5.74, 6) is -0.289. The molecule has 0 aromatic carbocycles. The van der Waals surface area contributed by atoms with E-state index >= 15 is 0 Å². The van der Waals surface area contributed by atoms with Crippen LogP contribution in [0.4, 0.5) is 0 Å². The van der Waals surface area contributed by atoms with Crippen LogP contribution in [0.3, 0.4) is 0 Å². The van der Waals surface area contributed by atoms with Crippen LogP contribution in [-0.2, 0) is 33.2 Å². The van der Waals surface area contributed by atoms with Crippen molar-refractivity contribution in [2.75, 3.05) is 13.2 Å². The van der Waals surface area contributed by atoms with Gasteiger partial charge in [-0.1, -0.05) is 20.8 Å². The number of cyclic esters (lactones) is 1. The minimum atomic E-state index is -1.66. The Kier molecular flexibility index (Phi) is 9.69. The van der Waals surface area contributed by atoms with E-state index in [9.17, 15) is 40.5 Å². The van der Waals surface area contributed by atoms with Gasteiger partial charge in [0, 0.05) is 5.92 Å². The molecule has 7 N–H and O–H groups in total. The van der Waals surface area contributed by atoms with E-state index in [1.165, 1.54) is 6.92 Å². The molecule has 4 heterocycles. The van der Waals surface area contributed by atoms with Gasteiger partial charge in [-0.15, -0.1) is 0 Å². The quantitative estimate of drug-likeness (QED) is 0.136. The fourth-order valence-electron chi connectivity index (χ4n) is 9.43. The van der Waals surface area contributed by atoms with Gasteiger partial charge < -0.3 is 64.2 Å². The van der Waals surface area contributed by atoms with Crippen molar-refractivity contribution in [2.45, 2.75) is 140 Å². The summed E-state index contributed by atoms with van der Waals surface area (Å²) in [7, 11) is 0. The van der Waals surface area contributed by atoms with E-state index in [2.05, 4.69) is 20.8 Å². The second-order valence-corrected chi connectivity index (χ2v) is 14.9. The Hall–Kier alpha value is -1.27. The predicted octanol–water partition coefficient (Wildman–Crippen LogP) is -0.917. The summed E-state index contributed by atoms with van der Waals surface area (Å²) < 4.78 is 35.2. The Labute approximate surface area is 268 Å². The normalized spacial score (nSPS) is 52.3. The summed E-state index contributed by atoms with van der Waals surface area (Å²) in [6.45, 7) is 7.59. The first-order valence-corrected chi connectivity index (χ1v) is 16.5. The second-order valence-electron chi connectivity index (χ2n) is 14.9. The Morgan fingerprint density at radius 1 is 0.870 bits per heavy atom. The smallest absolute Gasteiger partial charge is 0.336 e. The van der Waals surface area contributed by atoms with Gasteiger partial charge in [0.15, 0.2) is 18.9 Å². The highest BCUT2D eigenvalue weighted by atomic mass is 16.8. The van der Waals surface area contributed by atoms with E-state index in [-0.39, 0.29) is 29.8 Å². The first kappa shape index (κ1) is 34.6. The lowest BCUT2D eigenvalue weighted by molar-refractivity contribution is -0.376. The molecule has 14 nitrogen and oxygen atoms in total. The number of hydrogen-bond donors (Lipinski definition) is 7. The van der Waals surface area contributed by atoms with Gasteiger partial charge in [-0.2, -0.15) is 0 Å². The molecule has 0 bridgehead atoms. The van der Waals surface area contributed by atoms with E-state index in [1.54, 1.807) is 6.08 Å². The maximum atomic E-state index is 12.4. The summed E-state index contributed by atoms with van der Waals surface area (Å²) in [5.41, 5.74) is -0.220. The molecule has 2 aliphatic carbocycles. The molecule has 0 aromatic heterocycles. The van der Waals surface area contributed by atoms with E-state index < -0.39 is 97.9 Å². The van der Waals surface area contributed by atoms with Crippen molar-refractivity contribution in [3.63, 3.8) is 0 Å². The predicted molar refractivity (Wildman–Crippen MR) is 155 cm³/mol. The van der Waals surface area contributed by atoms with Crippen molar-refractivity contribution < 1.29 is 69.0 Å². The van der Waals surface area contributed by atoms with Crippen molar-refractivity contribution in [3.8, 4) is 0 Å². The Morgan fingerprint density at radius 3 is 2.28 bits per heavy atom. The monoisotopic (exact) mass is 658 g/mol. The van der Waals surface area contributed by atoms with E-state index in [0.29, 0.717) is 18.4 Å². The summed E-state index contributed by atoms with van der Waals surface area (Å²) >= 11 is 0. The first-order chi connectivity index (χ1) is 21.7. The van der Waals surface area contributed by atoms with Gasteiger partial charge in [-0.05, 0) is 67.8 Å². The lowest BCUT2D eigenvalue weighted by Crippen LogP contribution is -2.65. The van der Waals surface area contributed by atoms with Crippen LogP contribution in [0.5, 0.6) is 0 Å². The molecule has 0 unspecified atom stereocenters. The standard InChI is InChI=1S/C32H50O14/c1-13-21(34)23(36)25(38)29(42-13)46-26-24(37)22(35)18(12-33)44-30(26)45-20-7-9-32(4)16-11-17(15-8-10-41-27(15)39)43-28(40)14(16)5-6-19(32)31(20,2)3/h8,13-14,16-26,28-30,33-38,40H,5-7,9-12H2,1-4H3/t13-,14+,16-,17-,18+,19-,20-,21-,22+,23+,24-,25+,26+,28+,29-,30-,32+/m0/s1. The largest absolute Gasteiger partial charge is 0.458 e. The number of ether oxygens (including phenoxy) is 6. The van der Waals surface area contributed by atoms with Gasteiger partial charge in [0.05, 0.1) is 30.5 Å². The van der Waals surface area contributed by atoms with Gasteiger partial charge in [-0.25, -0.2) is 4.79 Å². The lowest BCUT2D eigenvalue weighted by Gasteiger charge is -2.63. The highest BCUT2D eigenvalue weighted by Gasteiger charge is 2.62. The number of hydrogen-bond acceptors (Lipinski definition) is 14. The van der Waals surface area contributed by atoms with Crippen LogP contribution in [0.25, 0.3) is 0 Å². The Morgan fingerprint density at radius 2 is 1.61 bits per heavy atom. The molecule has 0 radical (unpaired) electrons. The highest BCUT2D eigenvalue weighted by molar-refractivity contribution is 5.91. The number of esters is 1. The number of aliphatic hydroxyl groups is 7. The molecule has 6 rings (SSSR count). The van der Waals surface area contributed by atoms with Gasteiger partial charge in [-0.3, -0.25) is 0 Å². The SMILES string of the molecule is C[C@@H]1O[C@@H](O[C@H]2[C@H](O[C@H]3CC[C@]4(C)[C@H]5C[C@@H](C6=CCOC6=O)O[C@@H](O)[C@@H]5CC[C@H]4C3(C)C)O[C@H](CO)[C@@H](O)[C@@H]2O)[C@H](O)[C@H](O)[C@H]1O. The highest BCUT2D eigenvalue weighted by Crippen LogP contribution is 2.64. The van der Waals surface area contributed by atoms with Gasteiger partial charge in [0.25, 0.3) is 0 Å². The molecule has 4 aliphatic heterocycles. The third kappa shape index (κ3) is 5.75. The molecule has 46 heavy (non-hydrogen) atoms. The minimum absolute atomic E-state index is 0.0704. The number of carbonyl (C=O) groups excluding carboxylic acids is 1. The van der Waals surface area contributed by atoms with Crippen LogP contribution in [0.15, 0.2) is 11.6 Å². The third-order valence-corrected chi connectivity index (χ3v) is 12.1. The molecular formula is C32H50O14. The molecule has 14 heteroatoms. The lowest BCUT2D eigenvalue weighted by atomic mass is 9.44. The number of rotatable bonds is 6. The topological polar surface area (TPSA) is 214 Å². The van der Waals surface area contributed by atoms with Crippen molar-refractivity contribution in [3.05, 3.63) is 11.6 Å². The Balaban J connectivity index is 1.22. The fourth-order valence-corrected chi connectivity index (χ4v) is 9.43. The average Bonchev–Trinajstić information content (AvgIpc) is 3.45. The van der Waals surface area contributed by atoms with Crippen LogP contribution in [0.2, 0.25) is 0 Å². The molecule has 2 saturated carbocycles. The van der Waals surface area contributed by atoms with Crippen LogP contribution < -0.4 is 0 Å². The van der Waals surface area contributed by atoms with E-state index in [4.69, 9.17) is 28.4 Å². The molecule has 5 fully saturated rings. The first-order valence-electron chi connectivity index (χ1n) is 16.5. The molecule has 17 atom stereocenters. The Bertz CT molecular complexity index is 1150. The minimum Gasteiger partial charge on any atom is -0.458 e. The van der Waals surface area contributed by atoms with E-state index in [0.717, 1.165) is 19.3 Å².